The third-order valence-electron chi connectivity index (χ3n) is 2.10. The van der Waals surface area contributed by atoms with Crippen LogP contribution in [0.3, 0.4) is 0 Å². The molecule has 4 heteroatoms. The number of fused-ring (bicyclic) bond motifs is 1. The zero-order valence-electron chi connectivity index (χ0n) is 8.30. The maximum atomic E-state index is 11.0. The average molecular weight is 202 g/mol. The minimum Gasteiger partial charge on any atom is -0.469 e. The molecule has 0 radical (unpaired) electrons. The summed E-state index contributed by atoms with van der Waals surface area (Å²) in [5.41, 5.74) is 1.45. The summed E-state index contributed by atoms with van der Waals surface area (Å²) in [6.07, 6.45) is 0.161. The molecule has 76 valence electrons. The van der Waals surface area contributed by atoms with Gasteiger partial charge < -0.3 is 4.74 Å². The average Bonchev–Trinajstić information content (AvgIpc) is 2.29. The molecule has 2 aromatic rings. The normalized spacial score (nSPS) is 10.2. The monoisotopic (exact) mass is 202 g/mol. The smallest absolute Gasteiger partial charge is 0.311 e. The molecule has 1 aromatic heterocycles. The lowest BCUT2D eigenvalue weighted by Gasteiger charge is -2.00. The van der Waals surface area contributed by atoms with Crippen LogP contribution in [-0.2, 0) is 16.0 Å². The number of aromatic nitrogens is 2. The summed E-state index contributed by atoms with van der Waals surface area (Å²) in [6.45, 7) is 0. The van der Waals surface area contributed by atoms with Crippen LogP contribution in [0.5, 0.6) is 0 Å². The Bertz CT molecular complexity index is 497. The molecule has 0 aliphatic heterocycles. The number of carbonyl (C=O) groups is 1. The van der Waals surface area contributed by atoms with E-state index in [4.69, 9.17) is 0 Å². The largest absolute Gasteiger partial charge is 0.469 e. The molecule has 0 aliphatic carbocycles. The van der Waals surface area contributed by atoms with Crippen molar-refractivity contribution in [3.05, 3.63) is 36.0 Å². The lowest BCUT2D eigenvalue weighted by molar-refractivity contribution is -0.139. The molecule has 1 heterocycles. The van der Waals surface area contributed by atoms with Crippen LogP contribution >= 0.6 is 0 Å². The number of hydrogen-bond acceptors (Lipinski definition) is 4. The molecule has 0 aliphatic rings. The highest BCUT2D eigenvalue weighted by atomic mass is 16.5. The van der Waals surface area contributed by atoms with Crippen molar-refractivity contribution in [2.75, 3.05) is 7.11 Å². The van der Waals surface area contributed by atoms with Gasteiger partial charge in [-0.05, 0) is 12.1 Å². The maximum Gasteiger partial charge on any atom is 0.311 e. The van der Waals surface area contributed by atoms with Gasteiger partial charge in [0.1, 0.15) is 0 Å². The van der Waals surface area contributed by atoms with Gasteiger partial charge >= 0.3 is 5.97 Å². The molecule has 4 nitrogen and oxygen atoms in total. The maximum absolute atomic E-state index is 11.0. The number of esters is 1. The molecule has 1 aromatic carbocycles. The molecule has 15 heavy (non-hydrogen) atoms. The van der Waals surface area contributed by atoms with Crippen LogP contribution < -0.4 is 0 Å². The Morgan fingerprint density at radius 1 is 1.33 bits per heavy atom. The van der Waals surface area contributed by atoms with Crippen molar-refractivity contribution in [2.24, 2.45) is 0 Å². The third-order valence-corrected chi connectivity index (χ3v) is 2.10. The zero-order valence-corrected chi connectivity index (χ0v) is 8.30. The van der Waals surface area contributed by atoms with Gasteiger partial charge in [-0.1, -0.05) is 18.2 Å². The summed E-state index contributed by atoms with van der Waals surface area (Å²) in [4.78, 5) is 11.0. The lowest BCUT2D eigenvalue weighted by atomic mass is 10.2. The molecule has 2 rings (SSSR count). The Kier molecular flexibility index (Phi) is 2.58. The van der Waals surface area contributed by atoms with Crippen molar-refractivity contribution in [2.45, 2.75) is 6.42 Å². The molecule has 0 saturated heterocycles. The summed E-state index contributed by atoms with van der Waals surface area (Å²) in [5, 5.41) is 8.93. The molecule has 0 bridgehead atoms. The molecular weight excluding hydrogens is 192 g/mol. The van der Waals surface area contributed by atoms with Crippen LogP contribution in [0.2, 0.25) is 0 Å². The van der Waals surface area contributed by atoms with Gasteiger partial charge in [0.15, 0.2) is 0 Å². The van der Waals surface area contributed by atoms with E-state index in [1.54, 1.807) is 0 Å². The Balaban J connectivity index is 2.34. The van der Waals surface area contributed by atoms with Crippen LogP contribution in [0.1, 0.15) is 5.69 Å². The van der Waals surface area contributed by atoms with Crippen molar-refractivity contribution in [3.8, 4) is 0 Å². The molecule has 0 atom stereocenters. The second-order valence-electron chi connectivity index (χ2n) is 3.15. The van der Waals surface area contributed by atoms with E-state index >= 15 is 0 Å². The Morgan fingerprint density at radius 3 is 2.93 bits per heavy atom. The van der Waals surface area contributed by atoms with E-state index in [2.05, 4.69) is 14.9 Å². The molecule has 0 amide bonds. The summed E-state index contributed by atoms with van der Waals surface area (Å²) in [5.74, 6) is -0.306. The van der Waals surface area contributed by atoms with E-state index in [0.717, 1.165) is 10.9 Å². The first-order valence-electron chi connectivity index (χ1n) is 4.58. The van der Waals surface area contributed by atoms with Gasteiger partial charge in [-0.25, -0.2) is 0 Å². The van der Waals surface area contributed by atoms with Crippen molar-refractivity contribution >= 4 is 16.9 Å². The van der Waals surface area contributed by atoms with Crippen LogP contribution in [0.15, 0.2) is 30.3 Å². The van der Waals surface area contributed by atoms with Gasteiger partial charge in [0, 0.05) is 5.39 Å². The number of nitrogens with zero attached hydrogens (tertiary/aromatic N) is 2. The summed E-state index contributed by atoms with van der Waals surface area (Å²) >= 11 is 0. The van der Waals surface area contributed by atoms with Gasteiger partial charge in [0.05, 0.1) is 24.7 Å². The first-order valence-corrected chi connectivity index (χ1v) is 4.58. The second kappa shape index (κ2) is 4.04. The fourth-order valence-corrected chi connectivity index (χ4v) is 1.33. The quantitative estimate of drug-likeness (QED) is 0.690. The van der Waals surface area contributed by atoms with Gasteiger partial charge in [-0.2, -0.15) is 10.2 Å². The summed E-state index contributed by atoms with van der Waals surface area (Å²) in [6, 6.07) is 9.48. The number of methoxy groups -OCH3 is 1. The molecule has 0 spiro atoms. The molecule has 0 fully saturated rings. The predicted octanol–water partition coefficient (Wildman–Crippen LogP) is 1.35. The van der Waals surface area contributed by atoms with E-state index < -0.39 is 0 Å². The highest BCUT2D eigenvalue weighted by Gasteiger charge is 2.05. The summed E-state index contributed by atoms with van der Waals surface area (Å²) < 4.78 is 4.56. The van der Waals surface area contributed by atoms with Crippen molar-refractivity contribution in [3.63, 3.8) is 0 Å². The predicted molar refractivity (Wildman–Crippen MR) is 55.3 cm³/mol. The van der Waals surface area contributed by atoms with E-state index in [-0.39, 0.29) is 12.4 Å². The topological polar surface area (TPSA) is 52.1 Å². The Hall–Kier alpha value is -1.97. The molecule has 0 unspecified atom stereocenters. The first kappa shape index (κ1) is 9.58. The first-order chi connectivity index (χ1) is 7.29. The van der Waals surface area contributed by atoms with E-state index in [9.17, 15) is 4.79 Å². The third kappa shape index (κ3) is 2.10. The number of rotatable bonds is 2. The zero-order chi connectivity index (χ0) is 10.7. The van der Waals surface area contributed by atoms with Gasteiger partial charge in [0.25, 0.3) is 0 Å². The van der Waals surface area contributed by atoms with Crippen LogP contribution in [0.25, 0.3) is 10.9 Å². The van der Waals surface area contributed by atoms with Gasteiger partial charge in [-0.3, -0.25) is 4.79 Å². The minimum atomic E-state index is -0.306. The van der Waals surface area contributed by atoms with Crippen LogP contribution in [0, 0.1) is 0 Å². The number of ether oxygens (including phenoxy) is 1. The Labute approximate surface area is 86.9 Å². The Morgan fingerprint density at radius 2 is 2.13 bits per heavy atom. The van der Waals surface area contributed by atoms with Crippen molar-refractivity contribution in [1.29, 1.82) is 0 Å². The number of hydrogen-bond donors (Lipinski definition) is 0. The standard InChI is InChI=1S/C11H10N2O2/c1-15-11(14)7-9-6-8-4-2-3-5-10(8)13-12-9/h2-6H,7H2,1H3. The van der Waals surface area contributed by atoms with Gasteiger partial charge in [-0.15, -0.1) is 0 Å². The highest BCUT2D eigenvalue weighted by molar-refractivity contribution is 5.79. The second-order valence-corrected chi connectivity index (χ2v) is 3.15. The van der Waals surface area contributed by atoms with E-state index in [1.165, 1.54) is 7.11 Å². The fraction of sp³-hybridized carbons (Fsp3) is 0.182. The SMILES string of the molecule is COC(=O)Cc1cc2ccccc2nn1. The molecule has 0 saturated carbocycles. The minimum absolute atomic E-state index is 0.161. The van der Waals surface area contributed by atoms with E-state index in [0.29, 0.717) is 5.69 Å². The number of carbonyl (C=O) groups excluding carboxylic acids is 1. The number of benzene rings is 1. The van der Waals surface area contributed by atoms with E-state index in [1.807, 2.05) is 30.3 Å². The fourth-order valence-electron chi connectivity index (χ4n) is 1.33. The van der Waals surface area contributed by atoms with Crippen molar-refractivity contribution in [1.82, 2.24) is 10.2 Å². The molecular formula is C11H10N2O2. The van der Waals surface area contributed by atoms with Crippen LogP contribution in [-0.4, -0.2) is 23.3 Å². The summed E-state index contributed by atoms with van der Waals surface area (Å²) in [7, 11) is 1.36. The van der Waals surface area contributed by atoms with Crippen LogP contribution in [0.4, 0.5) is 0 Å². The highest BCUT2D eigenvalue weighted by Crippen LogP contribution is 2.10. The molecule has 0 N–H and O–H groups in total. The van der Waals surface area contributed by atoms with Gasteiger partial charge in [0.2, 0.25) is 0 Å². The lowest BCUT2D eigenvalue weighted by Crippen LogP contribution is -2.06. The van der Waals surface area contributed by atoms with Crippen molar-refractivity contribution < 1.29 is 9.53 Å².